The Hall–Kier alpha value is -2.73. The summed E-state index contributed by atoms with van der Waals surface area (Å²) in [5.74, 6) is -0.0648. The van der Waals surface area contributed by atoms with E-state index in [9.17, 15) is 4.79 Å². The molecule has 5 nitrogen and oxygen atoms in total. The average Bonchev–Trinajstić information content (AvgIpc) is 3.13. The summed E-state index contributed by atoms with van der Waals surface area (Å²) in [6.07, 6.45) is 6.10. The molecule has 0 radical (unpaired) electrons. The molecule has 0 saturated carbocycles. The van der Waals surface area contributed by atoms with E-state index in [1.807, 2.05) is 18.2 Å². The van der Waals surface area contributed by atoms with E-state index in [0.29, 0.717) is 6.42 Å². The Balaban J connectivity index is 1.68. The third-order valence-electron chi connectivity index (χ3n) is 4.53. The molecule has 6 heteroatoms. The van der Waals surface area contributed by atoms with Crippen molar-refractivity contribution < 1.29 is 4.79 Å². The smallest absolute Gasteiger partial charge is 0.240 e. The van der Waals surface area contributed by atoms with E-state index in [0.717, 1.165) is 27.9 Å². The maximum atomic E-state index is 12.2. The number of nitrogens with zero attached hydrogens (tertiary/aromatic N) is 4. The lowest BCUT2D eigenvalue weighted by atomic mass is 9.98. The fraction of sp³-hybridized carbons (Fsp3) is 0.200. The molecule has 0 spiro atoms. The zero-order valence-corrected chi connectivity index (χ0v) is 15.4. The van der Waals surface area contributed by atoms with Crippen LogP contribution in [0.4, 0.5) is 0 Å². The number of carbonyl (C=O) groups excluding carboxylic acids is 1. The Kier molecular flexibility index (Phi) is 4.42. The van der Waals surface area contributed by atoms with Crippen LogP contribution in [-0.2, 0) is 4.79 Å². The highest BCUT2D eigenvalue weighted by molar-refractivity contribution is 7.98. The SMILES string of the molecule is CSc1ccc(C2=NN(C(C)=O)C(c3ccc4nccnc4c3)C2)cc1. The van der Waals surface area contributed by atoms with E-state index in [1.54, 1.807) is 36.1 Å². The lowest BCUT2D eigenvalue weighted by molar-refractivity contribution is -0.130. The zero-order valence-electron chi connectivity index (χ0n) is 14.6. The zero-order chi connectivity index (χ0) is 18.1. The van der Waals surface area contributed by atoms with Gasteiger partial charge >= 0.3 is 0 Å². The molecule has 2 heterocycles. The molecule has 1 atom stereocenters. The molecule has 1 aliphatic heterocycles. The van der Waals surface area contributed by atoms with Crippen LogP contribution < -0.4 is 0 Å². The number of hydrazone groups is 1. The molecule has 1 aromatic heterocycles. The third kappa shape index (κ3) is 3.08. The number of aromatic nitrogens is 2. The molecule has 26 heavy (non-hydrogen) atoms. The maximum Gasteiger partial charge on any atom is 0.240 e. The van der Waals surface area contributed by atoms with Gasteiger partial charge in [-0.25, -0.2) is 5.01 Å². The second-order valence-electron chi connectivity index (χ2n) is 6.16. The maximum absolute atomic E-state index is 12.2. The first-order valence-corrected chi connectivity index (χ1v) is 9.60. The van der Waals surface area contributed by atoms with Crippen LogP contribution in [0.3, 0.4) is 0 Å². The van der Waals surface area contributed by atoms with Crippen LogP contribution >= 0.6 is 11.8 Å². The van der Waals surface area contributed by atoms with Gasteiger partial charge in [0.2, 0.25) is 5.91 Å². The largest absolute Gasteiger partial charge is 0.273 e. The van der Waals surface area contributed by atoms with E-state index in [2.05, 4.69) is 45.6 Å². The van der Waals surface area contributed by atoms with Gasteiger partial charge in [0.15, 0.2) is 0 Å². The topological polar surface area (TPSA) is 58.5 Å². The van der Waals surface area contributed by atoms with Crippen molar-refractivity contribution in [2.75, 3.05) is 6.26 Å². The summed E-state index contributed by atoms with van der Waals surface area (Å²) in [6.45, 7) is 1.55. The van der Waals surface area contributed by atoms with E-state index < -0.39 is 0 Å². The second-order valence-corrected chi connectivity index (χ2v) is 7.04. The van der Waals surface area contributed by atoms with Crippen LogP contribution in [0.25, 0.3) is 11.0 Å². The van der Waals surface area contributed by atoms with Crippen molar-refractivity contribution in [1.29, 1.82) is 0 Å². The average molecular weight is 362 g/mol. The van der Waals surface area contributed by atoms with Crippen LogP contribution in [0.15, 0.2) is 64.9 Å². The minimum absolute atomic E-state index is 0.0648. The summed E-state index contributed by atoms with van der Waals surface area (Å²) in [7, 11) is 0. The normalized spacial score (nSPS) is 16.8. The van der Waals surface area contributed by atoms with Crippen molar-refractivity contribution in [2.45, 2.75) is 24.3 Å². The first kappa shape index (κ1) is 16.7. The Morgan fingerprint density at radius 3 is 2.50 bits per heavy atom. The molecule has 4 rings (SSSR count). The van der Waals surface area contributed by atoms with Crippen LogP contribution in [0.1, 0.15) is 30.5 Å². The Morgan fingerprint density at radius 1 is 1.08 bits per heavy atom. The summed E-state index contributed by atoms with van der Waals surface area (Å²) >= 11 is 1.71. The summed E-state index contributed by atoms with van der Waals surface area (Å²) in [5, 5.41) is 6.19. The van der Waals surface area contributed by atoms with Gasteiger partial charge in [-0.15, -0.1) is 11.8 Å². The first-order chi connectivity index (χ1) is 12.7. The molecule has 0 fully saturated rings. The minimum atomic E-state index is -0.117. The Labute approximate surface area is 156 Å². The molecule has 130 valence electrons. The Morgan fingerprint density at radius 2 is 1.81 bits per heavy atom. The monoisotopic (exact) mass is 362 g/mol. The number of benzene rings is 2. The molecule has 0 saturated heterocycles. The second kappa shape index (κ2) is 6.88. The minimum Gasteiger partial charge on any atom is -0.273 e. The van der Waals surface area contributed by atoms with E-state index in [4.69, 9.17) is 0 Å². The molecule has 1 unspecified atom stereocenters. The number of fused-ring (bicyclic) bond motifs is 1. The molecule has 1 amide bonds. The van der Waals surface area contributed by atoms with Gasteiger partial charge in [-0.2, -0.15) is 5.10 Å². The van der Waals surface area contributed by atoms with Crippen molar-refractivity contribution in [2.24, 2.45) is 5.10 Å². The van der Waals surface area contributed by atoms with Crippen molar-refractivity contribution in [3.63, 3.8) is 0 Å². The number of carbonyl (C=O) groups is 1. The predicted molar refractivity (Wildman–Crippen MR) is 104 cm³/mol. The van der Waals surface area contributed by atoms with Gasteiger partial charge in [0, 0.05) is 30.6 Å². The van der Waals surface area contributed by atoms with Gasteiger partial charge in [-0.05, 0) is 41.6 Å². The summed E-state index contributed by atoms with van der Waals surface area (Å²) < 4.78 is 0. The Bertz CT molecular complexity index is 1000. The predicted octanol–water partition coefficient (Wildman–Crippen LogP) is 4.05. The number of amides is 1. The van der Waals surface area contributed by atoms with Gasteiger partial charge in [0.05, 0.1) is 22.8 Å². The number of rotatable bonds is 3. The summed E-state index contributed by atoms with van der Waals surface area (Å²) in [4.78, 5) is 22.0. The van der Waals surface area contributed by atoms with Crippen molar-refractivity contribution >= 4 is 34.4 Å². The van der Waals surface area contributed by atoms with E-state index in [1.165, 1.54) is 4.90 Å². The molecule has 1 aliphatic rings. The fourth-order valence-corrected chi connectivity index (χ4v) is 3.61. The molecule has 3 aromatic rings. The van der Waals surface area contributed by atoms with Gasteiger partial charge in [-0.1, -0.05) is 18.2 Å². The van der Waals surface area contributed by atoms with Gasteiger partial charge in [0.1, 0.15) is 0 Å². The van der Waals surface area contributed by atoms with E-state index >= 15 is 0 Å². The highest BCUT2D eigenvalue weighted by Crippen LogP contribution is 2.34. The molecule has 2 aromatic carbocycles. The lowest BCUT2D eigenvalue weighted by Gasteiger charge is -2.20. The summed E-state index contributed by atoms with van der Waals surface area (Å²) in [5.41, 5.74) is 4.67. The van der Waals surface area contributed by atoms with E-state index in [-0.39, 0.29) is 11.9 Å². The molecule has 0 N–H and O–H groups in total. The van der Waals surface area contributed by atoms with Crippen molar-refractivity contribution in [3.05, 3.63) is 66.0 Å². The van der Waals surface area contributed by atoms with Gasteiger partial charge in [-0.3, -0.25) is 14.8 Å². The number of thioether (sulfide) groups is 1. The van der Waals surface area contributed by atoms with Crippen molar-refractivity contribution in [1.82, 2.24) is 15.0 Å². The van der Waals surface area contributed by atoms with Gasteiger partial charge in [0.25, 0.3) is 0 Å². The van der Waals surface area contributed by atoms with Crippen molar-refractivity contribution in [3.8, 4) is 0 Å². The molecule has 0 aliphatic carbocycles. The van der Waals surface area contributed by atoms with Crippen LogP contribution in [0, 0.1) is 0 Å². The fourth-order valence-electron chi connectivity index (χ4n) is 3.21. The van der Waals surface area contributed by atoms with Crippen LogP contribution in [0.5, 0.6) is 0 Å². The standard InChI is InChI=1S/C20H18N4OS/c1-13(25)24-20(15-5-8-17-19(11-15)22-10-9-21-17)12-18(23-24)14-3-6-16(26-2)7-4-14/h3-11,20H,12H2,1-2H3. The number of hydrogen-bond donors (Lipinski definition) is 0. The highest BCUT2D eigenvalue weighted by atomic mass is 32.2. The first-order valence-electron chi connectivity index (χ1n) is 8.38. The van der Waals surface area contributed by atoms with Crippen LogP contribution in [0.2, 0.25) is 0 Å². The quantitative estimate of drug-likeness (QED) is 0.660. The third-order valence-corrected chi connectivity index (χ3v) is 5.28. The lowest BCUT2D eigenvalue weighted by Crippen LogP contribution is -2.24. The van der Waals surface area contributed by atoms with Crippen LogP contribution in [-0.4, -0.2) is 32.9 Å². The molecule has 0 bridgehead atoms. The molecular formula is C20H18N4OS. The highest BCUT2D eigenvalue weighted by Gasteiger charge is 2.31. The number of hydrogen-bond acceptors (Lipinski definition) is 5. The van der Waals surface area contributed by atoms with Gasteiger partial charge < -0.3 is 0 Å². The summed E-state index contributed by atoms with van der Waals surface area (Å²) in [6, 6.07) is 14.1. The molecular weight excluding hydrogens is 344 g/mol.